The maximum absolute atomic E-state index is 12.0. The van der Waals surface area contributed by atoms with Gasteiger partial charge in [0, 0.05) is 28.4 Å². The van der Waals surface area contributed by atoms with E-state index in [0.717, 1.165) is 10.7 Å². The molecule has 2 rings (SSSR count). The van der Waals surface area contributed by atoms with Crippen LogP contribution in [0.5, 0.6) is 5.75 Å². The predicted octanol–water partition coefficient (Wildman–Crippen LogP) is 1.97. The van der Waals surface area contributed by atoms with Gasteiger partial charge in [-0.2, -0.15) is 0 Å². The molecule has 2 aromatic rings. The number of hydrogen-bond acceptors (Lipinski definition) is 5. The molecule has 3 N–H and O–H groups in total. The lowest BCUT2D eigenvalue weighted by Crippen LogP contribution is -2.22. The Morgan fingerprint density at radius 2 is 2.26 bits per heavy atom. The monoisotopic (exact) mass is 277 g/mol. The van der Waals surface area contributed by atoms with Crippen LogP contribution < -0.4 is 15.8 Å². The van der Waals surface area contributed by atoms with Gasteiger partial charge < -0.3 is 15.8 Å². The molecule has 0 fully saturated rings. The van der Waals surface area contributed by atoms with Gasteiger partial charge in [-0.25, -0.2) is 4.98 Å². The van der Waals surface area contributed by atoms with E-state index >= 15 is 0 Å². The van der Waals surface area contributed by atoms with Crippen LogP contribution in [0.3, 0.4) is 0 Å². The minimum atomic E-state index is -0.196. The van der Waals surface area contributed by atoms with Gasteiger partial charge in [-0.05, 0) is 19.1 Å². The molecule has 100 valence electrons. The average Bonchev–Trinajstić information content (AvgIpc) is 2.81. The van der Waals surface area contributed by atoms with Crippen molar-refractivity contribution in [3.8, 4) is 5.75 Å². The predicted molar refractivity (Wildman–Crippen MR) is 75.4 cm³/mol. The van der Waals surface area contributed by atoms with Crippen LogP contribution in [0.2, 0.25) is 0 Å². The molecule has 19 heavy (non-hydrogen) atoms. The van der Waals surface area contributed by atoms with E-state index in [0.29, 0.717) is 23.5 Å². The summed E-state index contributed by atoms with van der Waals surface area (Å²) < 4.78 is 5.08. The van der Waals surface area contributed by atoms with E-state index in [9.17, 15) is 4.79 Å². The van der Waals surface area contributed by atoms with E-state index in [4.69, 9.17) is 10.5 Å². The van der Waals surface area contributed by atoms with Crippen molar-refractivity contribution in [2.24, 2.45) is 0 Å². The Hall–Kier alpha value is -2.08. The van der Waals surface area contributed by atoms with Crippen LogP contribution >= 0.6 is 11.3 Å². The summed E-state index contributed by atoms with van der Waals surface area (Å²) in [6.45, 7) is 2.33. The van der Waals surface area contributed by atoms with E-state index in [-0.39, 0.29) is 5.91 Å². The van der Waals surface area contributed by atoms with Gasteiger partial charge >= 0.3 is 0 Å². The Kier molecular flexibility index (Phi) is 4.01. The Morgan fingerprint density at radius 1 is 1.47 bits per heavy atom. The third-order valence-corrected chi connectivity index (χ3v) is 3.46. The third-order valence-electron chi connectivity index (χ3n) is 2.49. The first-order valence-corrected chi connectivity index (χ1v) is 6.60. The van der Waals surface area contributed by atoms with Gasteiger partial charge in [-0.1, -0.05) is 0 Å². The molecule has 6 heteroatoms. The molecule has 0 unspecified atom stereocenters. The summed E-state index contributed by atoms with van der Waals surface area (Å²) in [7, 11) is 1.54. The Morgan fingerprint density at radius 3 is 2.89 bits per heavy atom. The number of aryl methyl sites for hydroxylation is 1. The van der Waals surface area contributed by atoms with Gasteiger partial charge in [0.1, 0.15) is 10.8 Å². The molecule has 0 aliphatic rings. The van der Waals surface area contributed by atoms with Crippen LogP contribution in [-0.2, 0) is 6.54 Å². The first-order valence-electron chi connectivity index (χ1n) is 5.72. The molecule has 1 heterocycles. The van der Waals surface area contributed by atoms with Crippen LogP contribution in [0, 0.1) is 6.92 Å². The van der Waals surface area contributed by atoms with Crippen molar-refractivity contribution in [2.75, 3.05) is 12.8 Å². The highest BCUT2D eigenvalue weighted by atomic mass is 32.1. The number of thiazole rings is 1. The number of carbonyl (C=O) groups excluding carboxylic acids is 1. The summed E-state index contributed by atoms with van der Waals surface area (Å²) in [5.74, 6) is 0.369. The van der Waals surface area contributed by atoms with Gasteiger partial charge in [0.05, 0.1) is 13.7 Å². The highest BCUT2D eigenvalue weighted by Crippen LogP contribution is 2.18. The number of hydrogen-bond donors (Lipinski definition) is 2. The van der Waals surface area contributed by atoms with Gasteiger partial charge in [0.25, 0.3) is 5.91 Å². The standard InChI is InChI=1S/C13H15N3O2S/c1-8-7-19-12(16-8)6-15-13(17)9-3-10(14)5-11(4-9)18-2/h3-5,7H,6,14H2,1-2H3,(H,15,17). The van der Waals surface area contributed by atoms with Crippen molar-refractivity contribution in [2.45, 2.75) is 13.5 Å². The first kappa shape index (κ1) is 13.4. The highest BCUT2D eigenvalue weighted by Gasteiger charge is 2.09. The van der Waals surface area contributed by atoms with Gasteiger partial charge in [-0.15, -0.1) is 11.3 Å². The number of nitrogens with one attached hydrogen (secondary N) is 1. The maximum atomic E-state index is 12.0. The number of benzene rings is 1. The van der Waals surface area contributed by atoms with Crippen molar-refractivity contribution in [1.29, 1.82) is 0 Å². The van der Waals surface area contributed by atoms with E-state index < -0.39 is 0 Å². The second-order valence-electron chi connectivity index (χ2n) is 4.06. The molecule has 1 aromatic heterocycles. The molecule has 0 spiro atoms. The third kappa shape index (κ3) is 3.45. The number of ether oxygens (including phenoxy) is 1. The van der Waals surface area contributed by atoms with E-state index in [1.54, 1.807) is 18.2 Å². The fourth-order valence-corrected chi connectivity index (χ4v) is 2.32. The largest absolute Gasteiger partial charge is 0.497 e. The number of nitrogen functional groups attached to an aromatic ring is 1. The summed E-state index contributed by atoms with van der Waals surface area (Å²) in [6, 6.07) is 4.94. The zero-order chi connectivity index (χ0) is 13.8. The minimum absolute atomic E-state index is 0.196. The summed E-state index contributed by atoms with van der Waals surface area (Å²) in [4.78, 5) is 16.3. The van der Waals surface area contributed by atoms with Crippen molar-refractivity contribution < 1.29 is 9.53 Å². The fourth-order valence-electron chi connectivity index (χ4n) is 1.61. The van der Waals surface area contributed by atoms with Gasteiger partial charge in [-0.3, -0.25) is 4.79 Å². The number of nitrogens with two attached hydrogens (primary N) is 1. The minimum Gasteiger partial charge on any atom is -0.497 e. The van der Waals surface area contributed by atoms with Crippen LogP contribution in [0.4, 0.5) is 5.69 Å². The number of methoxy groups -OCH3 is 1. The molecule has 0 bridgehead atoms. The first-order chi connectivity index (χ1) is 9.08. The van der Waals surface area contributed by atoms with Crippen LogP contribution in [0.25, 0.3) is 0 Å². The van der Waals surface area contributed by atoms with Crippen molar-refractivity contribution in [3.05, 3.63) is 39.8 Å². The Labute approximate surface area is 115 Å². The van der Waals surface area contributed by atoms with E-state index in [1.165, 1.54) is 18.4 Å². The van der Waals surface area contributed by atoms with Gasteiger partial charge in [0.2, 0.25) is 0 Å². The maximum Gasteiger partial charge on any atom is 0.251 e. The second kappa shape index (κ2) is 5.71. The lowest BCUT2D eigenvalue weighted by Gasteiger charge is -2.07. The van der Waals surface area contributed by atoms with Crippen molar-refractivity contribution in [3.63, 3.8) is 0 Å². The molecule has 0 aliphatic heterocycles. The number of nitrogens with zero attached hydrogens (tertiary/aromatic N) is 1. The molecule has 0 aliphatic carbocycles. The Bertz CT molecular complexity index is 595. The normalized spacial score (nSPS) is 10.2. The molecule has 5 nitrogen and oxygen atoms in total. The summed E-state index contributed by atoms with van der Waals surface area (Å²) >= 11 is 1.52. The zero-order valence-corrected chi connectivity index (χ0v) is 11.6. The van der Waals surface area contributed by atoms with Crippen molar-refractivity contribution in [1.82, 2.24) is 10.3 Å². The SMILES string of the molecule is COc1cc(N)cc(C(=O)NCc2nc(C)cs2)c1. The summed E-state index contributed by atoms with van der Waals surface area (Å²) in [6.07, 6.45) is 0. The van der Waals surface area contributed by atoms with Crippen LogP contribution in [-0.4, -0.2) is 18.0 Å². The molecule has 0 atom stereocenters. The molecule has 0 radical (unpaired) electrons. The van der Waals surface area contributed by atoms with Crippen LogP contribution in [0.15, 0.2) is 23.6 Å². The van der Waals surface area contributed by atoms with Crippen LogP contribution in [0.1, 0.15) is 21.1 Å². The number of amides is 1. The number of anilines is 1. The summed E-state index contributed by atoms with van der Waals surface area (Å²) in [5, 5.41) is 5.63. The smallest absolute Gasteiger partial charge is 0.251 e. The zero-order valence-electron chi connectivity index (χ0n) is 10.8. The summed E-state index contributed by atoms with van der Waals surface area (Å²) in [5.41, 5.74) is 7.64. The van der Waals surface area contributed by atoms with Gasteiger partial charge in [0.15, 0.2) is 0 Å². The number of aromatic nitrogens is 1. The molecule has 0 saturated heterocycles. The lowest BCUT2D eigenvalue weighted by molar-refractivity contribution is 0.0950. The molecular formula is C13H15N3O2S. The Balaban J connectivity index is 2.05. The quantitative estimate of drug-likeness (QED) is 0.838. The number of rotatable bonds is 4. The second-order valence-corrected chi connectivity index (χ2v) is 5.00. The lowest BCUT2D eigenvalue weighted by atomic mass is 10.2. The van der Waals surface area contributed by atoms with E-state index in [1.807, 2.05) is 12.3 Å². The molecule has 1 amide bonds. The number of carbonyl (C=O) groups is 1. The topological polar surface area (TPSA) is 77.2 Å². The fraction of sp³-hybridized carbons (Fsp3) is 0.231. The molecular weight excluding hydrogens is 262 g/mol. The molecule has 0 saturated carbocycles. The van der Waals surface area contributed by atoms with Crippen molar-refractivity contribution >= 4 is 22.9 Å². The average molecular weight is 277 g/mol. The molecule has 1 aromatic carbocycles. The highest BCUT2D eigenvalue weighted by molar-refractivity contribution is 7.09. The van der Waals surface area contributed by atoms with E-state index in [2.05, 4.69) is 10.3 Å².